The number of halogens is 1. The molecule has 0 aromatic heterocycles. The lowest BCUT2D eigenvalue weighted by Crippen LogP contribution is -2.18. The molecule has 0 saturated heterocycles. The number of hydrogen-bond acceptors (Lipinski definition) is 0. The molecular formula is C11H21Cl. The summed E-state index contributed by atoms with van der Waals surface area (Å²) in [4.78, 5) is 0. The molecule has 3 unspecified atom stereocenters. The van der Waals surface area contributed by atoms with Crippen molar-refractivity contribution in [3.8, 4) is 0 Å². The maximum atomic E-state index is 6.34. The normalized spacial score (nSPS) is 32.8. The first-order valence-electron chi connectivity index (χ1n) is 5.29. The predicted octanol–water partition coefficient (Wildman–Crippen LogP) is 4.08. The van der Waals surface area contributed by atoms with Crippen LogP contribution in [0.25, 0.3) is 0 Å². The second-order valence-corrected chi connectivity index (χ2v) is 5.04. The summed E-state index contributed by atoms with van der Waals surface area (Å²) in [6.45, 7) is 6.76. The quantitative estimate of drug-likeness (QED) is 0.586. The molecule has 0 aromatic carbocycles. The van der Waals surface area contributed by atoms with Gasteiger partial charge in [0.2, 0.25) is 0 Å². The van der Waals surface area contributed by atoms with E-state index in [4.69, 9.17) is 11.6 Å². The van der Waals surface area contributed by atoms with Crippen molar-refractivity contribution < 1.29 is 0 Å². The van der Waals surface area contributed by atoms with Gasteiger partial charge in [-0.05, 0) is 30.6 Å². The van der Waals surface area contributed by atoms with Crippen LogP contribution in [0.15, 0.2) is 0 Å². The molecule has 1 heteroatoms. The van der Waals surface area contributed by atoms with Crippen LogP contribution in [0.1, 0.15) is 46.5 Å². The number of alkyl halides is 1. The van der Waals surface area contributed by atoms with E-state index in [1.165, 1.54) is 25.7 Å². The van der Waals surface area contributed by atoms with E-state index in [0.717, 1.165) is 11.8 Å². The van der Waals surface area contributed by atoms with Crippen LogP contribution in [0.3, 0.4) is 0 Å². The minimum Gasteiger partial charge on any atom is -0.122 e. The van der Waals surface area contributed by atoms with Gasteiger partial charge in [0.15, 0.2) is 0 Å². The van der Waals surface area contributed by atoms with Crippen LogP contribution in [0.5, 0.6) is 0 Å². The molecule has 1 rings (SSSR count). The van der Waals surface area contributed by atoms with Crippen LogP contribution in [-0.4, -0.2) is 5.38 Å². The first-order valence-corrected chi connectivity index (χ1v) is 5.72. The molecular weight excluding hydrogens is 168 g/mol. The lowest BCUT2D eigenvalue weighted by molar-refractivity contribution is 0.407. The summed E-state index contributed by atoms with van der Waals surface area (Å²) in [6, 6.07) is 0. The summed E-state index contributed by atoms with van der Waals surface area (Å²) in [6.07, 6.45) is 5.50. The Kier molecular flexibility index (Phi) is 3.89. The van der Waals surface area contributed by atoms with Gasteiger partial charge in [-0.15, -0.1) is 11.6 Å². The average molecular weight is 189 g/mol. The summed E-state index contributed by atoms with van der Waals surface area (Å²) >= 11 is 6.34. The van der Waals surface area contributed by atoms with Crippen LogP contribution in [0.2, 0.25) is 0 Å². The van der Waals surface area contributed by atoms with Crippen molar-refractivity contribution in [3.63, 3.8) is 0 Å². The summed E-state index contributed by atoms with van der Waals surface area (Å²) in [5.74, 6) is 2.42. The third kappa shape index (κ3) is 2.39. The molecule has 1 aliphatic carbocycles. The van der Waals surface area contributed by atoms with E-state index in [1.807, 2.05) is 0 Å². The highest BCUT2D eigenvalue weighted by Gasteiger charge is 2.30. The Labute approximate surface area is 81.7 Å². The van der Waals surface area contributed by atoms with Crippen molar-refractivity contribution in [2.24, 2.45) is 17.8 Å². The highest BCUT2D eigenvalue weighted by molar-refractivity contribution is 6.20. The largest absolute Gasteiger partial charge is 0.122 e. The zero-order valence-electron chi connectivity index (χ0n) is 8.52. The molecule has 0 amide bonds. The van der Waals surface area contributed by atoms with Gasteiger partial charge in [-0.3, -0.25) is 0 Å². The van der Waals surface area contributed by atoms with Crippen LogP contribution < -0.4 is 0 Å². The molecule has 0 radical (unpaired) electrons. The van der Waals surface area contributed by atoms with Crippen molar-refractivity contribution in [2.45, 2.75) is 51.8 Å². The molecule has 0 aliphatic heterocycles. The maximum Gasteiger partial charge on any atom is 0.0387 e. The zero-order chi connectivity index (χ0) is 9.14. The summed E-state index contributed by atoms with van der Waals surface area (Å²) < 4.78 is 0. The lowest BCUT2D eigenvalue weighted by atomic mass is 9.93. The fourth-order valence-electron chi connectivity index (χ4n) is 2.32. The van der Waals surface area contributed by atoms with Gasteiger partial charge in [0.05, 0.1) is 0 Å². The van der Waals surface area contributed by atoms with Gasteiger partial charge in [-0.1, -0.05) is 33.6 Å². The predicted molar refractivity (Wildman–Crippen MR) is 55.6 cm³/mol. The van der Waals surface area contributed by atoms with E-state index in [1.54, 1.807) is 0 Å². The topological polar surface area (TPSA) is 0 Å². The molecule has 0 N–H and O–H groups in total. The van der Waals surface area contributed by atoms with Crippen molar-refractivity contribution >= 4 is 11.6 Å². The van der Waals surface area contributed by atoms with Gasteiger partial charge >= 0.3 is 0 Å². The lowest BCUT2D eigenvalue weighted by Gasteiger charge is -2.20. The average Bonchev–Trinajstić information content (AvgIpc) is 2.50. The van der Waals surface area contributed by atoms with Gasteiger partial charge in [0.25, 0.3) is 0 Å². The van der Waals surface area contributed by atoms with Crippen LogP contribution >= 0.6 is 11.6 Å². The van der Waals surface area contributed by atoms with Crippen LogP contribution in [0.4, 0.5) is 0 Å². The van der Waals surface area contributed by atoms with E-state index < -0.39 is 0 Å². The van der Waals surface area contributed by atoms with Crippen molar-refractivity contribution in [2.75, 3.05) is 0 Å². The van der Waals surface area contributed by atoms with Gasteiger partial charge in [-0.2, -0.15) is 0 Å². The fourth-order valence-corrected chi connectivity index (χ4v) is 2.55. The van der Waals surface area contributed by atoms with Crippen LogP contribution in [0, 0.1) is 17.8 Å². The molecule has 1 saturated carbocycles. The SMILES string of the molecule is CCC1CCC(C(Cl)C(C)C)C1. The first-order chi connectivity index (χ1) is 5.65. The Morgan fingerprint density at radius 2 is 2.00 bits per heavy atom. The van der Waals surface area contributed by atoms with E-state index in [-0.39, 0.29) is 0 Å². The minimum absolute atomic E-state index is 0.418. The van der Waals surface area contributed by atoms with E-state index in [0.29, 0.717) is 11.3 Å². The number of rotatable bonds is 3. The molecule has 0 nitrogen and oxygen atoms in total. The molecule has 72 valence electrons. The zero-order valence-corrected chi connectivity index (χ0v) is 9.27. The molecule has 0 spiro atoms. The molecule has 0 heterocycles. The molecule has 1 aliphatic rings. The van der Waals surface area contributed by atoms with E-state index in [2.05, 4.69) is 20.8 Å². The molecule has 0 aromatic rings. The van der Waals surface area contributed by atoms with E-state index in [9.17, 15) is 0 Å². The van der Waals surface area contributed by atoms with Gasteiger partial charge in [0, 0.05) is 5.38 Å². The molecule has 0 bridgehead atoms. The first kappa shape index (κ1) is 10.4. The fraction of sp³-hybridized carbons (Fsp3) is 1.00. The standard InChI is InChI=1S/C11H21Cl/c1-4-9-5-6-10(7-9)11(12)8(2)3/h8-11H,4-7H2,1-3H3. The molecule has 12 heavy (non-hydrogen) atoms. The minimum atomic E-state index is 0.418. The van der Waals surface area contributed by atoms with Crippen molar-refractivity contribution in [1.82, 2.24) is 0 Å². The third-order valence-electron chi connectivity index (χ3n) is 3.25. The Morgan fingerprint density at radius 1 is 1.33 bits per heavy atom. The van der Waals surface area contributed by atoms with Gasteiger partial charge in [-0.25, -0.2) is 0 Å². The monoisotopic (exact) mass is 188 g/mol. The van der Waals surface area contributed by atoms with Crippen LogP contribution in [-0.2, 0) is 0 Å². The van der Waals surface area contributed by atoms with E-state index >= 15 is 0 Å². The third-order valence-corrected chi connectivity index (χ3v) is 4.11. The Bertz CT molecular complexity index is 131. The van der Waals surface area contributed by atoms with Gasteiger partial charge in [0.1, 0.15) is 0 Å². The summed E-state index contributed by atoms with van der Waals surface area (Å²) in [5, 5.41) is 0.418. The second kappa shape index (κ2) is 4.50. The Hall–Kier alpha value is 0.290. The van der Waals surface area contributed by atoms with Gasteiger partial charge < -0.3 is 0 Å². The second-order valence-electron chi connectivity index (χ2n) is 4.54. The molecule has 3 atom stereocenters. The smallest absolute Gasteiger partial charge is 0.0387 e. The van der Waals surface area contributed by atoms with Crippen molar-refractivity contribution in [3.05, 3.63) is 0 Å². The highest BCUT2D eigenvalue weighted by atomic mass is 35.5. The van der Waals surface area contributed by atoms with Crippen molar-refractivity contribution in [1.29, 1.82) is 0 Å². The Balaban J connectivity index is 2.35. The maximum absolute atomic E-state index is 6.34. The molecule has 1 fully saturated rings. The summed E-state index contributed by atoms with van der Waals surface area (Å²) in [5.41, 5.74) is 0. The summed E-state index contributed by atoms with van der Waals surface area (Å²) in [7, 11) is 0. The number of hydrogen-bond donors (Lipinski definition) is 0. The Morgan fingerprint density at radius 3 is 2.42 bits per heavy atom. The highest BCUT2D eigenvalue weighted by Crippen LogP contribution is 2.38.